The Bertz CT molecular complexity index is 1070. The topological polar surface area (TPSA) is 63.7 Å². The smallest absolute Gasteiger partial charge is 0.326 e. The number of esters is 1. The predicted molar refractivity (Wildman–Crippen MR) is 129 cm³/mol. The van der Waals surface area contributed by atoms with Gasteiger partial charge in [-0.05, 0) is 47.9 Å². The molecule has 5 aliphatic rings. The molecule has 0 spiro atoms. The van der Waals surface area contributed by atoms with Crippen LogP contribution in [-0.2, 0) is 27.8 Å². The van der Waals surface area contributed by atoms with Gasteiger partial charge in [0.25, 0.3) is 0 Å². The first-order valence-electron chi connectivity index (χ1n) is 11.5. The van der Waals surface area contributed by atoms with Crippen LogP contribution in [0.5, 0.6) is 0 Å². The van der Waals surface area contributed by atoms with Gasteiger partial charge < -0.3 is 4.74 Å². The Kier molecular flexibility index (Phi) is 4.90. The van der Waals surface area contributed by atoms with Crippen LogP contribution in [0, 0.1) is 11.8 Å². The maximum atomic E-state index is 13.8. The second kappa shape index (κ2) is 7.51. The van der Waals surface area contributed by atoms with Gasteiger partial charge in [-0.1, -0.05) is 86.8 Å². The number of hydrogen-bond acceptors (Lipinski definition) is 4. The summed E-state index contributed by atoms with van der Waals surface area (Å²) in [4.78, 5) is 41.4. The fraction of sp³-hybridized carbons (Fsp3) is 0.423. The zero-order chi connectivity index (χ0) is 23.0. The van der Waals surface area contributed by atoms with Gasteiger partial charge in [0, 0.05) is 0 Å². The molecule has 170 valence electrons. The van der Waals surface area contributed by atoms with Crippen molar-refractivity contribution < 1.29 is 19.1 Å². The standard InChI is InChI=1S/C26H23Br2NO4/c27-25-16-10-4-5-11-17(16)26(28,19-13-7-6-12-18(19)25)22-21(25)23(31)29(24(22)32)14-20(30)33-15-8-2-1-3-9-15/h4-7,10-13,15,21-22H,1-3,8-9,14H2/t21-,22+,25?,26?. The number of amides is 2. The van der Waals surface area contributed by atoms with E-state index in [0.717, 1.165) is 59.3 Å². The number of hydrogen-bond donors (Lipinski definition) is 0. The van der Waals surface area contributed by atoms with E-state index in [1.807, 2.05) is 48.5 Å². The van der Waals surface area contributed by atoms with Crippen molar-refractivity contribution >= 4 is 49.6 Å². The first-order chi connectivity index (χ1) is 15.9. The highest BCUT2D eigenvalue weighted by molar-refractivity contribution is 9.10. The molecule has 7 rings (SSSR count). The van der Waals surface area contributed by atoms with Crippen molar-refractivity contribution in [2.75, 3.05) is 6.54 Å². The minimum Gasteiger partial charge on any atom is -0.461 e. The van der Waals surface area contributed by atoms with Crippen LogP contribution in [0.4, 0.5) is 0 Å². The van der Waals surface area contributed by atoms with E-state index >= 15 is 0 Å². The average Bonchev–Trinajstić information content (AvgIpc) is 3.09. The van der Waals surface area contributed by atoms with Gasteiger partial charge in [0.2, 0.25) is 11.8 Å². The molecule has 1 saturated carbocycles. The number of benzene rings is 2. The van der Waals surface area contributed by atoms with Crippen molar-refractivity contribution in [2.24, 2.45) is 11.8 Å². The third-order valence-corrected chi connectivity index (χ3v) is 10.5. The highest BCUT2D eigenvalue weighted by Crippen LogP contribution is 2.70. The number of likely N-dealkylation sites (tertiary alicyclic amines) is 1. The summed E-state index contributed by atoms with van der Waals surface area (Å²) in [6.07, 6.45) is 4.81. The minimum atomic E-state index is -0.838. The maximum Gasteiger partial charge on any atom is 0.326 e. The quantitative estimate of drug-likeness (QED) is 0.302. The number of alkyl halides is 2. The van der Waals surface area contributed by atoms with E-state index in [2.05, 4.69) is 31.9 Å². The van der Waals surface area contributed by atoms with Gasteiger partial charge in [0.05, 0.1) is 20.5 Å². The van der Waals surface area contributed by atoms with Crippen molar-refractivity contribution in [1.29, 1.82) is 0 Å². The largest absolute Gasteiger partial charge is 0.461 e. The predicted octanol–water partition coefficient (Wildman–Crippen LogP) is 4.77. The van der Waals surface area contributed by atoms with E-state index in [0.29, 0.717) is 0 Å². The fourth-order valence-corrected chi connectivity index (χ4v) is 8.72. The molecule has 1 saturated heterocycles. The van der Waals surface area contributed by atoms with Crippen molar-refractivity contribution in [1.82, 2.24) is 4.90 Å². The van der Waals surface area contributed by atoms with Crippen LogP contribution in [-0.4, -0.2) is 35.3 Å². The van der Waals surface area contributed by atoms with Gasteiger partial charge in [-0.15, -0.1) is 0 Å². The Labute approximate surface area is 209 Å². The lowest BCUT2D eigenvalue weighted by Gasteiger charge is -2.55. The molecule has 2 amide bonds. The summed E-state index contributed by atoms with van der Waals surface area (Å²) in [5.41, 5.74) is 3.92. The van der Waals surface area contributed by atoms with E-state index in [4.69, 9.17) is 4.74 Å². The van der Waals surface area contributed by atoms with Crippen LogP contribution in [0.1, 0.15) is 54.4 Å². The van der Waals surface area contributed by atoms with E-state index < -0.39 is 26.5 Å². The molecule has 1 aliphatic heterocycles. The summed E-state index contributed by atoms with van der Waals surface area (Å²) >= 11 is 7.93. The number of imide groups is 1. The molecule has 0 aromatic heterocycles. The lowest BCUT2D eigenvalue weighted by Crippen LogP contribution is -2.56. The number of ether oxygens (including phenoxy) is 1. The number of carbonyl (C=O) groups excluding carboxylic acids is 3. The molecule has 1 heterocycles. The summed E-state index contributed by atoms with van der Waals surface area (Å²) in [6.45, 7) is -0.333. The third kappa shape index (κ3) is 2.78. The van der Waals surface area contributed by atoms with Crippen LogP contribution >= 0.6 is 31.9 Å². The number of carbonyl (C=O) groups is 3. The van der Waals surface area contributed by atoms with Gasteiger partial charge in [-0.2, -0.15) is 0 Å². The molecule has 0 unspecified atom stereocenters. The Balaban J connectivity index is 1.41. The summed E-state index contributed by atoms with van der Waals surface area (Å²) in [5, 5.41) is 0. The van der Waals surface area contributed by atoms with Crippen molar-refractivity contribution in [2.45, 2.75) is 46.9 Å². The highest BCUT2D eigenvalue weighted by atomic mass is 79.9. The molecule has 5 nitrogen and oxygen atoms in total. The van der Waals surface area contributed by atoms with Gasteiger partial charge in [0.1, 0.15) is 12.6 Å². The first kappa shape index (κ1) is 21.5. The Morgan fingerprint density at radius 3 is 1.67 bits per heavy atom. The Morgan fingerprint density at radius 1 is 0.818 bits per heavy atom. The zero-order valence-corrected chi connectivity index (χ0v) is 21.1. The van der Waals surface area contributed by atoms with Crippen molar-refractivity contribution in [3.63, 3.8) is 0 Å². The molecule has 2 aromatic rings. The van der Waals surface area contributed by atoms with Crippen molar-refractivity contribution in [3.8, 4) is 0 Å². The van der Waals surface area contributed by atoms with Crippen molar-refractivity contribution in [3.05, 3.63) is 70.8 Å². The molecule has 4 aliphatic carbocycles. The number of halogens is 2. The van der Waals surface area contributed by atoms with Crippen LogP contribution < -0.4 is 0 Å². The molecule has 2 atom stereocenters. The molecule has 0 N–H and O–H groups in total. The molecule has 0 radical (unpaired) electrons. The van der Waals surface area contributed by atoms with E-state index in [9.17, 15) is 14.4 Å². The van der Waals surface area contributed by atoms with E-state index in [1.165, 1.54) is 0 Å². The van der Waals surface area contributed by atoms with Crippen LogP contribution in [0.2, 0.25) is 0 Å². The lowest BCUT2D eigenvalue weighted by atomic mass is 9.54. The van der Waals surface area contributed by atoms with Gasteiger partial charge in [-0.25, -0.2) is 0 Å². The summed E-state index contributed by atoms with van der Waals surface area (Å²) in [7, 11) is 0. The zero-order valence-electron chi connectivity index (χ0n) is 17.9. The normalized spacial score (nSPS) is 32.4. The molecule has 7 heteroatoms. The molecule has 33 heavy (non-hydrogen) atoms. The Hall–Kier alpha value is -1.99. The average molecular weight is 573 g/mol. The van der Waals surface area contributed by atoms with Crippen LogP contribution in [0.3, 0.4) is 0 Å². The third-order valence-electron chi connectivity index (χ3n) is 7.81. The summed E-state index contributed by atoms with van der Waals surface area (Å²) in [5.74, 6) is -2.46. The SMILES string of the molecule is O=C(CN1C(=O)[C@@H]2[C@H](C1=O)C1(Br)c3ccccc3C2(Br)c2ccccc21)OC1CCCCC1. The summed E-state index contributed by atoms with van der Waals surface area (Å²) in [6, 6.07) is 15.9. The summed E-state index contributed by atoms with van der Waals surface area (Å²) < 4.78 is 3.96. The maximum absolute atomic E-state index is 13.8. The molecular formula is C26H23Br2NO4. The molecular weight excluding hydrogens is 550 g/mol. The Morgan fingerprint density at radius 2 is 1.24 bits per heavy atom. The fourth-order valence-electron chi connectivity index (χ4n) is 6.42. The number of nitrogens with zero attached hydrogens (tertiary/aromatic N) is 1. The van der Waals surface area contributed by atoms with Crippen LogP contribution in [0.25, 0.3) is 0 Å². The second-order valence-corrected chi connectivity index (χ2v) is 12.0. The van der Waals surface area contributed by atoms with E-state index in [-0.39, 0.29) is 24.5 Å². The second-order valence-electron chi connectivity index (χ2n) is 9.48. The highest BCUT2D eigenvalue weighted by Gasteiger charge is 2.72. The first-order valence-corrected chi connectivity index (χ1v) is 13.1. The van der Waals surface area contributed by atoms with Gasteiger partial charge in [-0.3, -0.25) is 19.3 Å². The lowest BCUT2D eigenvalue weighted by molar-refractivity contribution is -0.157. The van der Waals surface area contributed by atoms with Gasteiger partial charge in [0.15, 0.2) is 0 Å². The molecule has 2 fully saturated rings. The van der Waals surface area contributed by atoms with Gasteiger partial charge >= 0.3 is 5.97 Å². The monoisotopic (exact) mass is 571 g/mol. The minimum absolute atomic E-state index is 0.115. The van der Waals surface area contributed by atoms with Crippen LogP contribution in [0.15, 0.2) is 48.5 Å². The van der Waals surface area contributed by atoms with E-state index in [1.54, 1.807) is 0 Å². The molecule has 2 bridgehead atoms. The number of rotatable bonds is 3. The molecule has 2 aromatic carbocycles.